The van der Waals surface area contributed by atoms with E-state index in [1.807, 2.05) is 6.92 Å². The standard InChI is InChI=1S/C13H19BrN3O5P/c1-2-3-11(12(18)15-8-23(20,21)22)17-13(19)16-10-6-4-9(14)5-7-10/h4-7,11H,2-3,8H2,1H3,(H,15,18)(H2,16,17,19)(H2,20,21,22)/t11-/m0/s1. The van der Waals surface area contributed by atoms with Crippen LogP contribution in [0, 0.1) is 0 Å². The van der Waals surface area contributed by atoms with Crippen molar-refractivity contribution in [1.82, 2.24) is 10.6 Å². The SMILES string of the molecule is CCC[C@H](NC(=O)Nc1ccc(Br)cc1)C(=O)NCP(=O)(O)O. The number of carbonyl (C=O) groups is 2. The van der Waals surface area contributed by atoms with Gasteiger partial charge in [0.05, 0.1) is 0 Å². The van der Waals surface area contributed by atoms with E-state index in [0.29, 0.717) is 18.5 Å². The number of nitrogens with one attached hydrogen (secondary N) is 3. The summed E-state index contributed by atoms with van der Waals surface area (Å²) in [7, 11) is -4.34. The van der Waals surface area contributed by atoms with Crippen molar-refractivity contribution in [3.05, 3.63) is 28.7 Å². The predicted molar refractivity (Wildman–Crippen MR) is 90.0 cm³/mol. The van der Waals surface area contributed by atoms with E-state index in [0.717, 1.165) is 4.47 Å². The number of urea groups is 1. The summed E-state index contributed by atoms with van der Waals surface area (Å²) in [5.74, 6) is -0.638. The molecule has 0 radical (unpaired) electrons. The fourth-order valence-electron chi connectivity index (χ4n) is 1.72. The van der Waals surface area contributed by atoms with Gasteiger partial charge >= 0.3 is 13.6 Å². The molecule has 1 aromatic rings. The van der Waals surface area contributed by atoms with Gasteiger partial charge in [-0.2, -0.15) is 0 Å². The van der Waals surface area contributed by atoms with Crippen LogP contribution in [-0.2, 0) is 9.36 Å². The fraction of sp³-hybridized carbons (Fsp3) is 0.385. The summed E-state index contributed by atoms with van der Waals surface area (Å²) in [4.78, 5) is 41.4. The van der Waals surface area contributed by atoms with Crippen molar-refractivity contribution in [3.8, 4) is 0 Å². The largest absolute Gasteiger partial charge is 0.344 e. The number of benzene rings is 1. The van der Waals surface area contributed by atoms with E-state index in [4.69, 9.17) is 9.79 Å². The van der Waals surface area contributed by atoms with Crippen LogP contribution in [0.3, 0.4) is 0 Å². The molecule has 0 unspecified atom stereocenters. The molecule has 0 spiro atoms. The number of rotatable bonds is 7. The van der Waals surface area contributed by atoms with Crippen LogP contribution in [0.4, 0.5) is 10.5 Å². The van der Waals surface area contributed by atoms with E-state index in [1.54, 1.807) is 24.3 Å². The molecule has 23 heavy (non-hydrogen) atoms. The maximum absolute atomic E-state index is 11.9. The summed E-state index contributed by atoms with van der Waals surface area (Å²) in [6.45, 7) is 1.83. The van der Waals surface area contributed by atoms with Gasteiger partial charge in [-0.15, -0.1) is 0 Å². The summed E-state index contributed by atoms with van der Waals surface area (Å²) < 4.78 is 11.6. The maximum Gasteiger partial charge on any atom is 0.344 e. The highest BCUT2D eigenvalue weighted by Gasteiger charge is 2.22. The van der Waals surface area contributed by atoms with Crippen LogP contribution >= 0.6 is 23.5 Å². The first-order chi connectivity index (χ1) is 10.7. The van der Waals surface area contributed by atoms with Crippen molar-refractivity contribution >= 4 is 41.2 Å². The third-order valence-corrected chi connectivity index (χ3v) is 3.86. The van der Waals surface area contributed by atoms with E-state index in [1.165, 1.54) is 0 Å². The lowest BCUT2D eigenvalue weighted by atomic mass is 10.1. The normalized spacial score (nSPS) is 12.3. The van der Waals surface area contributed by atoms with Crippen LogP contribution in [0.5, 0.6) is 0 Å². The summed E-state index contributed by atoms with van der Waals surface area (Å²) in [5.41, 5.74) is 0.552. The minimum Gasteiger partial charge on any atom is -0.343 e. The highest BCUT2D eigenvalue weighted by Crippen LogP contribution is 2.31. The van der Waals surface area contributed by atoms with Crippen LogP contribution in [-0.4, -0.2) is 34.1 Å². The summed E-state index contributed by atoms with van der Waals surface area (Å²) in [6, 6.07) is 5.44. The topological polar surface area (TPSA) is 128 Å². The van der Waals surface area contributed by atoms with Crippen molar-refractivity contribution in [1.29, 1.82) is 0 Å². The Bertz CT molecular complexity index is 590. The molecule has 0 aliphatic heterocycles. The molecule has 10 heteroatoms. The zero-order valence-corrected chi connectivity index (χ0v) is 14.9. The Labute approximate surface area is 142 Å². The third kappa shape index (κ3) is 8.13. The molecule has 8 nitrogen and oxygen atoms in total. The van der Waals surface area contributed by atoms with Crippen LogP contribution in [0.2, 0.25) is 0 Å². The minimum atomic E-state index is -4.34. The lowest BCUT2D eigenvalue weighted by molar-refractivity contribution is -0.122. The van der Waals surface area contributed by atoms with E-state index >= 15 is 0 Å². The Morgan fingerprint density at radius 3 is 2.39 bits per heavy atom. The Morgan fingerprint density at radius 1 is 1.26 bits per heavy atom. The Kier molecular flexibility index (Phi) is 7.70. The molecule has 3 amide bonds. The van der Waals surface area contributed by atoms with Crippen molar-refractivity contribution in [3.63, 3.8) is 0 Å². The molecule has 0 saturated heterocycles. The number of carbonyl (C=O) groups excluding carboxylic acids is 2. The van der Waals surface area contributed by atoms with Crippen molar-refractivity contribution in [2.24, 2.45) is 0 Å². The van der Waals surface area contributed by atoms with Crippen molar-refractivity contribution < 1.29 is 23.9 Å². The lowest BCUT2D eigenvalue weighted by Crippen LogP contribution is -2.48. The zero-order chi connectivity index (χ0) is 17.5. The van der Waals surface area contributed by atoms with Gasteiger partial charge in [0, 0.05) is 10.2 Å². The summed E-state index contributed by atoms with van der Waals surface area (Å²) in [5, 5.41) is 7.20. The van der Waals surface area contributed by atoms with E-state index < -0.39 is 31.9 Å². The van der Waals surface area contributed by atoms with Gasteiger partial charge < -0.3 is 25.7 Å². The molecule has 1 atom stereocenters. The molecule has 1 aromatic carbocycles. The molecule has 1 rings (SSSR count). The first kappa shape index (κ1) is 19.6. The average molecular weight is 408 g/mol. The second kappa shape index (κ2) is 9.02. The number of hydrogen-bond acceptors (Lipinski definition) is 3. The van der Waals surface area contributed by atoms with Crippen LogP contribution < -0.4 is 16.0 Å². The summed E-state index contributed by atoms with van der Waals surface area (Å²) >= 11 is 3.28. The maximum atomic E-state index is 11.9. The first-order valence-corrected chi connectivity index (χ1v) is 9.45. The molecular formula is C13H19BrN3O5P. The highest BCUT2D eigenvalue weighted by atomic mass is 79.9. The minimum absolute atomic E-state index is 0.348. The monoisotopic (exact) mass is 407 g/mol. The molecule has 0 aliphatic carbocycles. The average Bonchev–Trinajstić information content (AvgIpc) is 2.46. The van der Waals surface area contributed by atoms with Gasteiger partial charge in [0.25, 0.3) is 0 Å². The van der Waals surface area contributed by atoms with Crippen LogP contribution in [0.15, 0.2) is 28.7 Å². The first-order valence-electron chi connectivity index (χ1n) is 6.86. The fourth-order valence-corrected chi connectivity index (χ4v) is 2.35. The number of anilines is 1. The molecule has 0 bridgehead atoms. The van der Waals surface area contributed by atoms with Crippen LogP contribution in [0.1, 0.15) is 19.8 Å². The Morgan fingerprint density at radius 2 is 1.87 bits per heavy atom. The van der Waals surface area contributed by atoms with E-state index in [-0.39, 0.29) is 0 Å². The smallest absolute Gasteiger partial charge is 0.343 e. The van der Waals surface area contributed by atoms with Crippen LogP contribution in [0.25, 0.3) is 0 Å². The predicted octanol–water partition coefficient (Wildman–Crippen LogP) is 1.99. The van der Waals surface area contributed by atoms with E-state index in [9.17, 15) is 14.2 Å². The Balaban J connectivity index is 2.59. The third-order valence-electron chi connectivity index (χ3n) is 2.76. The molecule has 0 heterocycles. The number of hydrogen-bond donors (Lipinski definition) is 5. The van der Waals surface area contributed by atoms with Gasteiger partial charge in [-0.1, -0.05) is 29.3 Å². The van der Waals surface area contributed by atoms with Gasteiger partial charge in [0.2, 0.25) is 5.91 Å². The van der Waals surface area contributed by atoms with Gasteiger partial charge in [-0.25, -0.2) is 4.79 Å². The van der Waals surface area contributed by atoms with Gasteiger partial charge in [-0.3, -0.25) is 9.36 Å². The van der Waals surface area contributed by atoms with Gasteiger partial charge in [0.1, 0.15) is 12.3 Å². The van der Waals surface area contributed by atoms with Crippen molar-refractivity contribution in [2.75, 3.05) is 11.6 Å². The second-order valence-electron chi connectivity index (χ2n) is 4.81. The summed E-state index contributed by atoms with van der Waals surface area (Å²) in [6.07, 6.45) is 0.204. The number of halogens is 1. The molecule has 0 aliphatic rings. The molecule has 5 N–H and O–H groups in total. The Hall–Kier alpha value is -1.41. The molecule has 128 valence electrons. The lowest BCUT2D eigenvalue weighted by Gasteiger charge is -2.18. The van der Waals surface area contributed by atoms with Gasteiger partial charge in [-0.05, 0) is 30.7 Å². The van der Waals surface area contributed by atoms with Crippen molar-refractivity contribution in [2.45, 2.75) is 25.8 Å². The molecule has 0 fully saturated rings. The molecule has 0 aromatic heterocycles. The van der Waals surface area contributed by atoms with Gasteiger partial charge in [0.15, 0.2) is 0 Å². The van der Waals surface area contributed by atoms with E-state index in [2.05, 4.69) is 31.9 Å². The zero-order valence-electron chi connectivity index (χ0n) is 12.5. The second-order valence-corrected chi connectivity index (χ2v) is 7.37. The molecule has 0 saturated carbocycles. The number of amides is 3. The quantitative estimate of drug-likeness (QED) is 0.441. The highest BCUT2D eigenvalue weighted by molar-refractivity contribution is 9.10. The molecular weight excluding hydrogens is 389 g/mol.